The SMILES string of the molecule is CCCCOc1ccccc1/C=N\N=C1NC(=O)[C@H](Cc2ccc(C)c(C)c2)S1. The molecule has 1 amide bonds. The quantitative estimate of drug-likeness (QED) is 0.392. The molecule has 0 bridgehead atoms. The number of benzene rings is 2. The van der Waals surface area contributed by atoms with Gasteiger partial charge in [0.25, 0.3) is 0 Å². The van der Waals surface area contributed by atoms with E-state index in [0.717, 1.165) is 29.7 Å². The van der Waals surface area contributed by atoms with Crippen LogP contribution < -0.4 is 10.1 Å². The Morgan fingerprint density at radius 3 is 2.79 bits per heavy atom. The van der Waals surface area contributed by atoms with E-state index in [1.54, 1.807) is 6.21 Å². The Morgan fingerprint density at radius 2 is 2.00 bits per heavy atom. The Labute approximate surface area is 176 Å². The van der Waals surface area contributed by atoms with Gasteiger partial charge in [-0.15, -0.1) is 5.10 Å². The molecule has 29 heavy (non-hydrogen) atoms. The van der Waals surface area contributed by atoms with Crippen LogP contribution in [0.15, 0.2) is 52.7 Å². The highest BCUT2D eigenvalue weighted by Gasteiger charge is 2.30. The molecule has 2 aromatic carbocycles. The van der Waals surface area contributed by atoms with E-state index in [9.17, 15) is 4.79 Å². The van der Waals surface area contributed by atoms with Crippen LogP contribution in [0.5, 0.6) is 5.75 Å². The zero-order chi connectivity index (χ0) is 20.6. The second-order valence-electron chi connectivity index (χ2n) is 7.11. The molecule has 3 rings (SSSR count). The minimum Gasteiger partial charge on any atom is -0.493 e. The number of para-hydroxylation sites is 1. The first-order valence-electron chi connectivity index (χ1n) is 9.93. The van der Waals surface area contributed by atoms with E-state index in [2.05, 4.69) is 54.5 Å². The van der Waals surface area contributed by atoms with Gasteiger partial charge in [0.15, 0.2) is 5.17 Å². The van der Waals surface area contributed by atoms with Crippen molar-refractivity contribution in [2.75, 3.05) is 6.61 Å². The second kappa shape index (κ2) is 10.3. The molecule has 1 heterocycles. The summed E-state index contributed by atoms with van der Waals surface area (Å²) in [5.74, 6) is 0.770. The van der Waals surface area contributed by atoms with Gasteiger partial charge in [0.2, 0.25) is 5.91 Å². The summed E-state index contributed by atoms with van der Waals surface area (Å²) in [7, 11) is 0. The lowest BCUT2D eigenvalue weighted by Crippen LogP contribution is -2.26. The number of hydrogen-bond acceptors (Lipinski definition) is 5. The molecule has 1 atom stereocenters. The molecule has 1 saturated heterocycles. The maximum Gasteiger partial charge on any atom is 0.239 e. The Hall–Kier alpha value is -2.60. The van der Waals surface area contributed by atoms with E-state index in [1.807, 2.05) is 24.3 Å². The van der Waals surface area contributed by atoms with E-state index in [4.69, 9.17) is 4.74 Å². The first kappa shape index (κ1) is 21.1. The van der Waals surface area contributed by atoms with Crippen LogP contribution in [-0.2, 0) is 11.2 Å². The van der Waals surface area contributed by atoms with E-state index < -0.39 is 0 Å². The molecule has 0 spiro atoms. The summed E-state index contributed by atoms with van der Waals surface area (Å²) in [4.78, 5) is 12.3. The van der Waals surface area contributed by atoms with Gasteiger partial charge in [0.05, 0.1) is 18.1 Å². The Morgan fingerprint density at radius 1 is 1.17 bits per heavy atom. The van der Waals surface area contributed by atoms with Crippen molar-refractivity contribution in [2.45, 2.75) is 45.3 Å². The summed E-state index contributed by atoms with van der Waals surface area (Å²) in [6.45, 7) is 6.99. The second-order valence-corrected chi connectivity index (χ2v) is 8.30. The molecule has 5 nitrogen and oxygen atoms in total. The standard InChI is InChI=1S/C23H27N3O2S/c1-4-5-12-28-20-9-7-6-8-19(20)15-24-26-23-25-22(27)21(29-23)14-18-11-10-16(2)17(3)13-18/h6-11,13,15,21H,4-5,12,14H2,1-3H3,(H,25,26,27)/b24-15-/t21-/m0/s1. The Balaban J connectivity index is 1.62. The zero-order valence-corrected chi connectivity index (χ0v) is 18.0. The van der Waals surface area contributed by atoms with Crippen molar-refractivity contribution in [1.29, 1.82) is 0 Å². The van der Waals surface area contributed by atoms with Gasteiger partial charge >= 0.3 is 0 Å². The number of nitrogens with one attached hydrogen (secondary N) is 1. The molecule has 0 saturated carbocycles. The number of hydrogen-bond donors (Lipinski definition) is 1. The molecule has 1 N–H and O–H groups in total. The summed E-state index contributed by atoms with van der Waals surface area (Å²) in [5.41, 5.74) is 4.52. The van der Waals surface area contributed by atoms with Gasteiger partial charge in [0, 0.05) is 5.56 Å². The van der Waals surface area contributed by atoms with Crippen molar-refractivity contribution >= 4 is 29.1 Å². The number of thioether (sulfide) groups is 1. The average Bonchev–Trinajstić information content (AvgIpc) is 3.05. The van der Waals surface area contributed by atoms with Gasteiger partial charge in [-0.05, 0) is 55.5 Å². The third-order valence-electron chi connectivity index (χ3n) is 4.79. The lowest BCUT2D eigenvalue weighted by Gasteiger charge is -2.08. The van der Waals surface area contributed by atoms with Crippen LogP contribution in [0, 0.1) is 13.8 Å². The molecule has 0 unspecified atom stereocenters. The highest BCUT2D eigenvalue weighted by Crippen LogP contribution is 2.24. The van der Waals surface area contributed by atoms with Gasteiger partial charge in [0.1, 0.15) is 5.75 Å². The topological polar surface area (TPSA) is 63.1 Å². The molecule has 0 aromatic heterocycles. The number of carbonyl (C=O) groups is 1. The summed E-state index contributed by atoms with van der Waals surface area (Å²) in [6.07, 6.45) is 4.44. The van der Waals surface area contributed by atoms with Crippen LogP contribution in [0.25, 0.3) is 0 Å². The lowest BCUT2D eigenvalue weighted by atomic mass is 10.0. The number of amides is 1. The third-order valence-corrected chi connectivity index (χ3v) is 5.86. The molecule has 1 aliphatic rings. The predicted octanol–water partition coefficient (Wildman–Crippen LogP) is 4.65. The van der Waals surface area contributed by atoms with Crippen LogP contribution in [0.2, 0.25) is 0 Å². The molecule has 2 aromatic rings. The minimum absolute atomic E-state index is 0.0227. The monoisotopic (exact) mass is 409 g/mol. The fourth-order valence-electron chi connectivity index (χ4n) is 2.92. The highest BCUT2D eigenvalue weighted by atomic mass is 32.2. The van der Waals surface area contributed by atoms with Gasteiger partial charge in [-0.25, -0.2) is 0 Å². The Bertz CT molecular complexity index is 924. The normalized spacial score (nSPS) is 17.8. The summed E-state index contributed by atoms with van der Waals surface area (Å²) in [6, 6.07) is 14.1. The van der Waals surface area contributed by atoms with Crippen molar-refractivity contribution in [3.05, 3.63) is 64.7 Å². The van der Waals surface area contributed by atoms with Gasteiger partial charge < -0.3 is 10.1 Å². The molecule has 152 valence electrons. The maximum atomic E-state index is 12.3. The van der Waals surface area contributed by atoms with Crippen LogP contribution in [0.3, 0.4) is 0 Å². The summed E-state index contributed by atoms with van der Waals surface area (Å²) < 4.78 is 5.80. The Kier molecular flexibility index (Phi) is 7.47. The van der Waals surface area contributed by atoms with Gasteiger partial charge in [-0.3, -0.25) is 4.79 Å². The third kappa shape index (κ3) is 5.94. The largest absolute Gasteiger partial charge is 0.493 e. The van der Waals surface area contributed by atoms with Crippen molar-refractivity contribution in [1.82, 2.24) is 5.32 Å². The van der Waals surface area contributed by atoms with Crippen molar-refractivity contribution < 1.29 is 9.53 Å². The molecule has 6 heteroatoms. The van der Waals surface area contributed by atoms with Crippen LogP contribution >= 0.6 is 11.8 Å². The lowest BCUT2D eigenvalue weighted by molar-refractivity contribution is -0.118. The fourth-order valence-corrected chi connectivity index (χ4v) is 3.88. The predicted molar refractivity (Wildman–Crippen MR) is 121 cm³/mol. The zero-order valence-electron chi connectivity index (χ0n) is 17.1. The van der Waals surface area contributed by atoms with Crippen molar-refractivity contribution in [3.63, 3.8) is 0 Å². The fraction of sp³-hybridized carbons (Fsp3) is 0.348. The first-order valence-corrected chi connectivity index (χ1v) is 10.8. The smallest absolute Gasteiger partial charge is 0.239 e. The van der Waals surface area contributed by atoms with Gasteiger partial charge in [-0.2, -0.15) is 5.10 Å². The van der Waals surface area contributed by atoms with E-state index in [0.29, 0.717) is 18.2 Å². The number of carbonyl (C=O) groups excluding carboxylic acids is 1. The average molecular weight is 410 g/mol. The number of ether oxygens (including phenoxy) is 1. The molecule has 0 aliphatic carbocycles. The molecular formula is C23H27N3O2S. The summed E-state index contributed by atoms with van der Waals surface area (Å²) >= 11 is 1.42. The van der Waals surface area contributed by atoms with Gasteiger partial charge in [-0.1, -0.05) is 55.4 Å². The van der Waals surface area contributed by atoms with E-state index in [-0.39, 0.29) is 11.2 Å². The number of nitrogens with zero attached hydrogens (tertiary/aromatic N) is 2. The number of amidine groups is 1. The molecule has 0 radical (unpaired) electrons. The molecule has 1 aliphatic heterocycles. The minimum atomic E-state index is -0.185. The molecule has 1 fully saturated rings. The van der Waals surface area contributed by atoms with Crippen LogP contribution in [-0.4, -0.2) is 29.1 Å². The molecular weight excluding hydrogens is 382 g/mol. The highest BCUT2D eigenvalue weighted by molar-refractivity contribution is 8.15. The first-order chi connectivity index (χ1) is 14.1. The summed E-state index contributed by atoms with van der Waals surface area (Å²) in [5, 5.41) is 11.5. The number of aryl methyl sites for hydroxylation is 2. The van der Waals surface area contributed by atoms with Crippen LogP contribution in [0.4, 0.5) is 0 Å². The number of unbranched alkanes of at least 4 members (excludes halogenated alkanes) is 1. The van der Waals surface area contributed by atoms with Crippen molar-refractivity contribution in [2.24, 2.45) is 10.2 Å². The van der Waals surface area contributed by atoms with E-state index in [1.165, 1.54) is 22.9 Å². The maximum absolute atomic E-state index is 12.3. The van der Waals surface area contributed by atoms with E-state index >= 15 is 0 Å². The van der Waals surface area contributed by atoms with Crippen molar-refractivity contribution in [3.8, 4) is 5.75 Å². The van der Waals surface area contributed by atoms with Crippen LogP contribution in [0.1, 0.15) is 42.0 Å². The number of rotatable bonds is 8.